The third-order valence-corrected chi connectivity index (χ3v) is 7.14. The van der Waals surface area contributed by atoms with Crippen molar-refractivity contribution in [3.63, 3.8) is 0 Å². The second-order valence-corrected chi connectivity index (χ2v) is 10.6. The van der Waals surface area contributed by atoms with Gasteiger partial charge in [-0.2, -0.15) is 13.2 Å². The van der Waals surface area contributed by atoms with E-state index >= 15 is 4.39 Å². The predicted molar refractivity (Wildman–Crippen MR) is 156 cm³/mol. The van der Waals surface area contributed by atoms with Crippen LogP contribution in [-0.2, 0) is 6.42 Å². The van der Waals surface area contributed by atoms with Gasteiger partial charge in [0, 0.05) is 34.9 Å². The van der Waals surface area contributed by atoms with E-state index in [0.717, 1.165) is 43.7 Å². The van der Waals surface area contributed by atoms with Crippen LogP contribution >= 0.6 is 0 Å². The lowest BCUT2D eigenvalue weighted by atomic mass is 9.96. The molecule has 0 radical (unpaired) electrons. The van der Waals surface area contributed by atoms with Gasteiger partial charge in [-0.25, -0.2) is 31.1 Å². The molecule has 242 valence electrons. The smallest absolute Gasteiger partial charge is 0.409 e. The van der Waals surface area contributed by atoms with Crippen LogP contribution in [0.2, 0.25) is 0 Å². The van der Waals surface area contributed by atoms with Crippen molar-refractivity contribution in [1.82, 2.24) is 0 Å². The Hall–Kier alpha value is -4.54. The summed E-state index contributed by atoms with van der Waals surface area (Å²) in [6.07, 6.45) is 0.898. The first kappa shape index (κ1) is 34.3. The highest BCUT2D eigenvalue weighted by atomic mass is 19.4. The summed E-state index contributed by atoms with van der Waals surface area (Å²) in [5.41, 5.74) is -1.80. The van der Waals surface area contributed by atoms with Crippen molar-refractivity contribution in [3.8, 4) is 28.0 Å². The SMILES string of the molecule is CCCCCCCc1ccc(-c2ccc(-c3cc(F)c(C(=O)Oc4cc(F)c(/C=C/C(F)(F)F)c(F)c4)c(F)c3)c(F)c2)c(F)c1. The number of aryl methyl sites for hydroxylation is 1. The van der Waals surface area contributed by atoms with E-state index < -0.39 is 70.0 Å². The maximum Gasteiger partial charge on any atom is 0.409 e. The second kappa shape index (κ2) is 14.7. The highest BCUT2D eigenvalue weighted by molar-refractivity contribution is 5.92. The Morgan fingerprint density at radius 1 is 0.674 bits per heavy atom. The van der Waals surface area contributed by atoms with E-state index in [4.69, 9.17) is 0 Å². The van der Waals surface area contributed by atoms with Gasteiger partial charge in [-0.1, -0.05) is 56.9 Å². The monoisotopic (exact) mass is 650 g/mol. The van der Waals surface area contributed by atoms with Gasteiger partial charge in [0.25, 0.3) is 0 Å². The number of alkyl halides is 3. The number of ether oxygens (including phenoxy) is 1. The quantitative estimate of drug-likeness (QED) is 0.0699. The molecule has 0 saturated carbocycles. The van der Waals surface area contributed by atoms with E-state index in [2.05, 4.69) is 11.7 Å². The van der Waals surface area contributed by atoms with Gasteiger partial charge in [-0.3, -0.25) is 0 Å². The number of allylic oxidation sites excluding steroid dienone is 1. The average Bonchev–Trinajstić information content (AvgIpc) is 2.95. The largest absolute Gasteiger partial charge is 0.423 e. The van der Waals surface area contributed by atoms with Gasteiger partial charge in [-0.05, 0) is 59.9 Å². The highest BCUT2D eigenvalue weighted by Crippen LogP contribution is 2.32. The van der Waals surface area contributed by atoms with E-state index in [9.17, 15) is 39.9 Å². The number of hydrogen-bond donors (Lipinski definition) is 0. The normalized spacial score (nSPS) is 11.8. The third kappa shape index (κ3) is 8.58. The number of unbranched alkanes of at least 4 members (excludes halogenated alkanes) is 4. The lowest BCUT2D eigenvalue weighted by Crippen LogP contribution is -2.14. The molecule has 11 heteroatoms. The van der Waals surface area contributed by atoms with Gasteiger partial charge in [0.1, 0.15) is 46.2 Å². The van der Waals surface area contributed by atoms with Gasteiger partial charge in [0.2, 0.25) is 0 Å². The summed E-state index contributed by atoms with van der Waals surface area (Å²) < 4.78 is 130. The summed E-state index contributed by atoms with van der Waals surface area (Å²) in [4.78, 5) is 12.5. The Bertz CT molecular complexity index is 1710. The molecule has 0 aliphatic heterocycles. The Balaban J connectivity index is 1.51. The molecule has 0 atom stereocenters. The Kier molecular flexibility index (Phi) is 11.0. The van der Waals surface area contributed by atoms with Crippen LogP contribution in [0.15, 0.2) is 66.7 Å². The van der Waals surface area contributed by atoms with E-state index in [1.807, 2.05) is 0 Å². The van der Waals surface area contributed by atoms with Gasteiger partial charge < -0.3 is 4.74 Å². The molecule has 0 spiro atoms. The van der Waals surface area contributed by atoms with Crippen LogP contribution in [0.3, 0.4) is 0 Å². The first-order chi connectivity index (χ1) is 21.8. The summed E-state index contributed by atoms with van der Waals surface area (Å²) >= 11 is 0. The molecule has 0 bridgehead atoms. The first-order valence-electron chi connectivity index (χ1n) is 14.3. The maximum absolute atomic E-state index is 15.1. The molecule has 0 N–H and O–H groups in total. The van der Waals surface area contributed by atoms with E-state index in [1.54, 1.807) is 6.07 Å². The standard InChI is InChI=1S/C35H27F9O2/c1-2-3-4-5-6-7-20-8-10-24(27(36)14-20)21-9-11-25(28(37)15-21)22-16-31(40)33(32(41)17-22)34(45)46-23-18-29(38)26(30(39)19-23)12-13-35(42,43)44/h8-19H,2-7H2,1H3/b13-12+. The van der Waals surface area contributed by atoms with Crippen molar-refractivity contribution in [2.45, 2.75) is 51.6 Å². The number of esters is 1. The van der Waals surface area contributed by atoms with Gasteiger partial charge >= 0.3 is 12.1 Å². The number of halogens is 9. The average molecular weight is 651 g/mol. The molecule has 46 heavy (non-hydrogen) atoms. The molecule has 0 aliphatic carbocycles. The van der Waals surface area contributed by atoms with Crippen LogP contribution in [0.1, 0.15) is 60.5 Å². The molecule has 4 aromatic rings. The van der Waals surface area contributed by atoms with Crippen molar-refractivity contribution in [1.29, 1.82) is 0 Å². The number of carbonyl (C=O) groups is 1. The summed E-state index contributed by atoms with van der Waals surface area (Å²) in [6, 6.07) is 10.3. The minimum absolute atomic E-state index is 0.128. The molecule has 0 aliphatic rings. The number of carbonyl (C=O) groups excluding carboxylic acids is 1. The van der Waals surface area contributed by atoms with E-state index in [0.29, 0.717) is 30.7 Å². The Morgan fingerprint density at radius 3 is 1.83 bits per heavy atom. The van der Waals surface area contributed by atoms with Crippen LogP contribution in [0, 0.1) is 34.9 Å². The minimum atomic E-state index is -4.85. The molecule has 0 amide bonds. The van der Waals surface area contributed by atoms with Crippen molar-refractivity contribution < 1.29 is 49.0 Å². The molecule has 0 heterocycles. The van der Waals surface area contributed by atoms with Crippen LogP contribution in [0.5, 0.6) is 5.75 Å². The van der Waals surface area contributed by atoms with Crippen LogP contribution in [-0.4, -0.2) is 12.1 Å². The molecule has 2 nitrogen and oxygen atoms in total. The fourth-order valence-electron chi connectivity index (χ4n) is 4.84. The van der Waals surface area contributed by atoms with E-state index in [-0.39, 0.29) is 28.3 Å². The fourth-order valence-corrected chi connectivity index (χ4v) is 4.84. The zero-order valence-electron chi connectivity index (χ0n) is 24.4. The van der Waals surface area contributed by atoms with Crippen molar-refractivity contribution in [2.24, 2.45) is 0 Å². The van der Waals surface area contributed by atoms with Crippen LogP contribution in [0.4, 0.5) is 39.5 Å². The van der Waals surface area contributed by atoms with Gasteiger partial charge in [0.15, 0.2) is 0 Å². The molecular formula is C35H27F9O2. The molecule has 0 aromatic heterocycles. The van der Waals surface area contributed by atoms with E-state index in [1.165, 1.54) is 24.3 Å². The maximum atomic E-state index is 15.1. The summed E-state index contributed by atoms with van der Waals surface area (Å²) in [6.45, 7) is 2.12. The lowest BCUT2D eigenvalue weighted by Gasteiger charge is -2.12. The van der Waals surface area contributed by atoms with Gasteiger partial charge in [-0.15, -0.1) is 0 Å². The van der Waals surface area contributed by atoms with Gasteiger partial charge in [0.05, 0.1) is 0 Å². The lowest BCUT2D eigenvalue weighted by molar-refractivity contribution is -0.0790. The fraction of sp³-hybridized carbons (Fsp3) is 0.229. The zero-order valence-corrected chi connectivity index (χ0v) is 24.4. The Labute approximate surface area is 259 Å². The zero-order chi connectivity index (χ0) is 33.6. The molecule has 0 unspecified atom stereocenters. The second-order valence-electron chi connectivity index (χ2n) is 10.6. The summed E-state index contributed by atoms with van der Waals surface area (Å²) in [5, 5.41) is 0. The molecule has 4 rings (SSSR count). The van der Waals surface area contributed by atoms with Crippen molar-refractivity contribution in [2.75, 3.05) is 0 Å². The third-order valence-electron chi connectivity index (χ3n) is 7.14. The number of hydrogen-bond acceptors (Lipinski definition) is 2. The summed E-state index contributed by atoms with van der Waals surface area (Å²) in [5.74, 6) is -10.1. The number of rotatable bonds is 11. The van der Waals surface area contributed by atoms with Crippen LogP contribution < -0.4 is 4.74 Å². The van der Waals surface area contributed by atoms with Crippen LogP contribution in [0.25, 0.3) is 28.3 Å². The predicted octanol–water partition coefficient (Wildman–Crippen LogP) is 11.2. The highest BCUT2D eigenvalue weighted by Gasteiger charge is 2.25. The molecular weight excluding hydrogens is 623 g/mol. The number of benzene rings is 4. The first-order valence-corrected chi connectivity index (χ1v) is 14.3. The summed E-state index contributed by atoms with van der Waals surface area (Å²) in [7, 11) is 0. The molecule has 0 fully saturated rings. The Morgan fingerprint density at radius 2 is 1.24 bits per heavy atom. The topological polar surface area (TPSA) is 26.3 Å². The van der Waals surface area contributed by atoms with Crippen molar-refractivity contribution >= 4 is 12.0 Å². The van der Waals surface area contributed by atoms with Crippen molar-refractivity contribution in [3.05, 3.63) is 118 Å². The minimum Gasteiger partial charge on any atom is -0.423 e. The molecule has 0 saturated heterocycles. The molecule has 4 aromatic carbocycles.